The highest BCUT2D eigenvalue weighted by atomic mass is 19.1. The van der Waals surface area contributed by atoms with Gasteiger partial charge in [0.25, 0.3) is 0 Å². The van der Waals surface area contributed by atoms with Crippen LogP contribution in [0.1, 0.15) is 38.0 Å². The summed E-state index contributed by atoms with van der Waals surface area (Å²) in [5, 5.41) is 13.2. The molecule has 0 heterocycles. The van der Waals surface area contributed by atoms with Crippen LogP contribution in [0.5, 0.6) is 0 Å². The fourth-order valence-corrected chi connectivity index (χ4v) is 2.40. The average molecular weight is 315 g/mol. The van der Waals surface area contributed by atoms with Crippen LogP contribution >= 0.6 is 0 Å². The lowest BCUT2D eigenvalue weighted by Gasteiger charge is -2.28. The second-order valence-corrected chi connectivity index (χ2v) is 6.25. The molecule has 0 aliphatic rings. The van der Waals surface area contributed by atoms with Crippen molar-refractivity contribution < 1.29 is 14.3 Å². The molecule has 2 aromatic rings. The molecular formula is C19H22FNO2. The van der Waals surface area contributed by atoms with E-state index in [4.69, 9.17) is 0 Å². The van der Waals surface area contributed by atoms with Gasteiger partial charge in [-0.25, -0.2) is 4.39 Å². The minimum Gasteiger partial charge on any atom is -0.386 e. The van der Waals surface area contributed by atoms with Crippen LogP contribution in [-0.2, 0) is 10.2 Å². The van der Waals surface area contributed by atoms with Gasteiger partial charge in [0.05, 0.1) is 17.6 Å². The number of aliphatic hydroxyl groups excluding tert-OH is 1. The quantitative estimate of drug-likeness (QED) is 0.889. The van der Waals surface area contributed by atoms with Crippen LogP contribution in [-0.4, -0.2) is 17.1 Å². The second kappa shape index (κ2) is 6.92. The predicted octanol–water partition coefficient (Wildman–Crippen LogP) is 3.34. The van der Waals surface area contributed by atoms with Gasteiger partial charge in [-0.15, -0.1) is 0 Å². The van der Waals surface area contributed by atoms with Crippen molar-refractivity contribution in [2.45, 2.75) is 38.3 Å². The van der Waals surface area contributed by atoms with Crippen LogP contribution in [0.25, 0.3) is 0 Å². The summed E-state index contributed by atoms with van der Waals surface area (Å²) < 4.78 is 13.0. The number of halogens is 1. The molecule has 2 unspecified atom stereocenters. The molecule has 2 aromatic carbocycles. The number of amides is 1. The van der Waals surface area contributed by atoms with Crippen molar-refractivity contribution in [2.75, 3.05) is 0 Å². The molecule has 0 fully saturated rings. The molecule has 0 radical (unpaired) electrons. The van der Waals surface area contributed by atoms with Crippen molar-refractivity contribution in [1.82, 2.24) is 5.32 Å². The SMILES string of the molecule is CC(NC(=O)C(C)(C)c1ccccc1)C(O)c1ccc(F)cc1. The lowest BCUT2D eigenvalue weighted by molar-refractivity contribution is -0.127. The normalized spacial score (nSPS) is 14.1. The van der Waals surface area contributed by atoms with E-state index < -0.39 is 17.6 Å². The largest absolute Gasteiger partial charge is 0.386 e. The first-order valence-corrected chi connectivity index (χ1v) is 7.62. The third-order valence-electron chi connectivity index (χ3n) is 4.11. The molecule has 122 valence electrons. The third-order valence-corrected chi connectivity index (χ3v) is 4.11. The van der Waals surface area contributed by atoms with Crippen molar-refractivity contribution in [3.8, 4) is 0 Å². The smallest absolute Gasteiger partial charge is 0.230 e. The topological polar surface area (TPSA) is 49.3 Å². The van der Waals surface area contributed by atoms with Crippen molar-refractivity contribution in [1.29, 1.82) is 0 Å². The highest BCUT2D eigenvalue weighted by molar-refractivity contribution is 5.87. The van der Waals surface area contributed by atoms with E-state index in [9.17, 15) is 14.3 Å². The highest BCUT2D eigenvalue weighted by Crippen LogP contribution is 2.24. The summed E-state index contributed by atoms with van der Waals surface area (Å²) in [4.78, 5) is 12.6. The van der Waals surface area contributed by atoms with Crippen LogP contribution < -0.4 is 5.32 Å². The maximum Gasteiger partial charge on any atom is 0.230 e. The number of hydrogen-bond acceptors (Lipinski definition) is 2. The molecule has 23 heavy (non-hydrogen) atoms. The molecule has 0 spiro atoms. The Labute approximate surface area is 136 Å². The average Bonchev–Trinajstić information content (AvgIpc) is 2.55. The summed E-state index contributed by atoms with van der Waals surface area (Å²) in [7, 11) is 0. The molecule has 0 aromatic heterocycles. The van der Waals surface area contributed by atoms with Gasteiger partial charge in [-0.05, 0) is 44.0 Å². The van der Waals surface area contributed by atoms with E-state index in [2.05, 4.69) is 5.32 Å². The molecule has 0 saturated carbocycles. The lowest BCUT2D eigenvalue weighted by atomic mass is 9.83. The van der Waals surface area contributed by atoms with E-state index in [1.54, 1.807) is 6.92 Å². The van der Waals surface area contributed by atoms with Gasteiger partial charge < -0.3 is 10.4 Å². The predicted molar refractivity (Wildman–Crippen MR) is 88.4 cm³/mol. The highest BCUT2D eigenvalue weighted by Gasteiger charge is 2.31. The Morgan fingerprint density at radius 1 is 1.09 bits per heavy atom. The molecule has 3 nitrogen and oxygen atoms in total. The zero-order valence-electron chi connectivity index (χ0n) is 13.6. The van der Waals surface area contributed by atoms with E-state index >= 15 is 0 Å². The molecule has 2 atom stereocenters. The maximum absolute atomic E-state index is 13.0. The van der Waals surface area contributed by atoms with E-state index in [1.165, 1.54) is 24.3 Å². The fraction of sp³-hybridized carbons (Fsp3) is 0.316. The molecule has 2 N–H and O–H groups in total. The summed E-state index contributed by atoms with van der Waals surface area (Å²) in [6.45, 7) is 5.41. The number of nitrogens with one attached hydrogen (secondary N) is 1. The summed E-state index contributed by atoms with van der Waals surface area (Å²) in [5.74, 6) is -0.528. The second-order valence-electron chi connectivity index (χ2n) is 6.25. The van der Waals surface area contributed by atoms with Crippen molar-refractivity contribution in [2.24, 2.45) is 0 Å². The van der Waals surface area contributed by atoms with Crippen LogP contribution in [0.3, 0.4) is 0 Å². The first kappa shape index (κ1) is 17.2. The van der Waals surface area contributed by atoms with Gasteiger partial charge in [0.1, 0.15) is 5.82 Å². The molecular weight excluding hydrogens is 293 g/mol. The van der Waals surface area contributed by atoms with E-state index in [1.807, 2.05) is 44.2 Å². The van der Waals surface area contributed by atoms with E-state index in [0.717, 1.165) is 5.56 Å². The van der Waals surface area contributed by atoms with Crippen molar-refractivity contribution in [3.63, 3.8) is 0 Å². The summed E-state index contributed by atoms with van der Waals surface area (Å²) in [5.41, 5.74) is 0.760. The monoisotopic (exact) mass is 315 g/mol. The molecule has 1 amide bonds. The zero-order chi connectivity index (χ0) is 17.0. The van der Waals surface area contributed by atoms with E-state index in [-0.39, 0.29) is 11.7 Å². The summed E-state index contributed by atoms with van der Waals surface area (Å²) in [6, 6.07) is 14.6. The number of hydrogen-bond donors (Lipinski definition) is 2. The van der Waals surface area contributed by atoms with Gasteiger partial charge in [-0.2, -0.15) is 0 Å². The number of aliphatic hydroxyl groups is 1. The Morgan fingerprint density at radius 3 is 2.22 bits per heavy atom. The third kappa shape index (κ3) is 3.96. The Hall–Kier alpha value is -2.20. The Kier molecular flexibility index (Phi) is 5.16. The molecule has 4 heteroatoms. The fourth-order valence-electron chi connectivity index (χ4n) is 2.40. The summed E-state index contributed by atoms with van der Waals surface area (Å²) in [6.07, 6.45) is -0.897. The van der Waals surface area contributed by atoms with E-state index in [0.29, 0.717) is 5.56 Å². The maximum atomic E-state index is 13.0. The van der Waals surface area contributed by atoms with Crippen LogP contribution in [0.15, 0.2) is 54.6 Å². The molecule has 0 bridgehead atoms. The first-order valence-electron chi connectivity index (χ1n) is 7.62. The van der Waals surface area contributed by atoms with Gasteiger partial charge in [0.15, 0.2) is 0 Å². The summed E-state index contributed by atoms with van der Waals surface area (Å²) >= 11 is 0. The minimum atomic E-state index is -0.897. The Morgan fingerprint density at radius 2 is 1.65 bits per heavy atom. The number of rotatable bonds is 5. The molecule has 0 aliphatic heterocycles. The molecule has 2 rings (SSSR count). The van der Waals surface area contributed by atoms with Gasteiger partial charge >= 0.3 is 0 Å². The number of carbonyl (C=O) groups excluding carboxylic acids is 1. The molecule has 0 aliphatic carbocycles. The molecule has 0 saturated heterocycles. The number of carbonyl (C=O) groups is 1. The van der Waals surface area contributed by atoms with Crippen molar-refractivity contribution >= 4 is 5.91 Å². The van der Waals surface area contributed by atoms with Gasteiger partial charge in [0.2, 0.25) is 5.91 Å². The Balaban J connectivity index is 2.08. The number of benzene rings is 2. The van der Waals surface area contributed by atoms with Crippen LogP contribution in [0, 0.1) is 5.82 Å². The Bertz CT molecular complexity index is 653. The van der Waals surface area contributed by atoms with Gasteiger partial charge in [-0.1, -0.05) is 42.5 Å². The lowest BCUT2D eigenvalue weighted by Crippen LogP contribution is -2.46. The minimum absolute atomic E-state index is 0.169. The standard InChI is InChI=1S/C19H22FNO2/c1-13(17(22)14-9-11-16(20)12-10-14)21-18(23)19(2,3)15-7-5-4-6-8-15/h4-13,17,22H,1-3H3,(H,21,23). The van der Waals surface area contributed by atoms with Crippen LogP contribution in [0.4, 0.5) is 4.39 Å². The van der Waals surface area contributed by atoms with Gasteiger partial charge in [-0.3, -0.25) is 4.79 Å². The van der Waals surface area contributed by atoms with Crippen LogP contribution in [0.2, 0.25) is 0 Å². The van der Waals surface area contributed by atoms with Gasteiger partial charge in [0, 0.05) is 0 Å². The zero-order valence-corrected chi connectivity index (χ0v) is 13.6. The van der Waals surface area contributed by atoms with Crippen molar-refractivity contribution in [3.05, 3.63) is 71.5 Å². The first-order chi connectivity index (χ1) is 10.8.